The summed E-state index contributed by atoms with van der Waals surface area (Å²) in [7, 11) is 0. The van der Waals surface area contributed by atoms with E-state index in [1.807, 2.05) is 5.38 Å². The number of amides is 1. The lowest BCUT2D eigenvalue weighted by molar-refractivity contribution is -0.0327. The zero-order valence-electron chi connectivity index (χ0n) is 10.4. The molecule has 1 aromatic heterocycles. The quantitative estimate of drug-likeness (QED) is 0.469. The lowest BCUT2D eigenvalue weighted by Gasteiger charge is -2.31. The summed E-state index contributed by atoms with van der Waals surface area (Å²) in [5.41, 5.74) is 3.00. The molecule has 0 aliphatic carbocycles. The summed E-state index contributed by atoms with van der Waals surface area (Å²) >= 11 is 1.32. The third-order valence-corrected chi connectivity index (χ3v) is 3.83. The van der Waals surface area contributed by atoms with E-state index in [-0.39, 0.29) is 5.91 Å². The molecule has 1 fully saturated rings. The molecular formula is C11H18N4O2S. The summed E-state index contributed by atoms with van der Waals surface area (Å²) in [6, 6.07) is 0. The van der Waals surface area contributed by atoms with Gasteiger partial charge in [-0.25, -0.2) is 10.8 Å². The van der Waals surface area contributed by atoms with E-state index in [0.29, 0.717) is 11.1 Å². The van der Waals surface area contributed by atoms with Crippen molar-refractivity contribution in [2.45, 2.75) is 26.0 Å². The Bertz CT molecular complexity index is 410. The number of morpholine rings is 1. The topological polar surface area (TPSA) is 80.5 Å². The number of thiazole rings is 1. The maximum atomic E-state index is 11.3. The number of hydrazine groups is 1. The molecule has 7 heteroatoms. The van der Waals surface area contributed by atoms with Crippen LogP contribution in [0.2, 0.25) is 0 Å². The lowest BCUT2D eigenvalue weighted by atomic mass is 10.2. The second-order valence-electron chi connectivity index (χ2n) is 4.25. The van der Waals surface area contributed by atoms with Gasteiger partial charge in [-0.2, -0.15) is 0 Å². The summed E-state index contributed by atoms with van der Waals surface area (Å²) in [6.45, 7) is 5.48. The Morgan fingerprint density at radius 3 is 3.33 bits per heavy atom. The molecule has 2 heterocycles. The summed E-state index contributed by atoms with van der Waals surface area (Å²) in [4.78, 5) is 17.9. The third-order valence-electron chi connectivity index (χ3n) is 2.94. The second-order valence-corrected chi connectivity index (χ2v) is 5.11. The van der Waals surface area contributed by atoms with Crippen LogP contribution in [0.25, 0.3) is 0 Å². The standard InChI is InChI=1S/C11H18N4O2S/c1-2-9-6-15(3-4-17-9)5-8-7-18-11(13-8)10(16)14-12/h7,9H,2-6,12H2,1H3,(H,14,16). The average Bonchev–Trinajstić information content (AvgIpc) is 2.86. The van der Waals surface area contributed by atoms with E-state index in [2.05, 4.69) is 22.2 Å². The molecule has 0 radical (unpaired) electrons. The molecule has 1 saturated heterocycles. The Morgan fingerprint density at radius 1 is 1.78 bits per heavy atom. The SMILES string of the molecule is CCC1CN(Cc2csc(C(=O)NN)n2)CCO1. The highest BCUT2D eigenvalue weighted by Gasteiger charge is 2.20. The van der Waals surface area contributed by atoms with Gasteiger partial charge in [0.25, 0.3) is 5.91 Å². The summed E-state index contributed by atoms with van der Waals surface area (Å²) in [5.74, 6) is 4.74. The molecule has 0 spiro atoms. The monoisotopic (exact) mass is 270 g/mol. The number of rotatable bonds is 4. The molecule has 100 valence electrons. The number of hydrogen-bond donors (Lipinski definition) is 2. The van der Waals surface area contributed by atoms with Crippen molar-refractivity contribution < 1.29 is 9.53 Å². The molecule has 1 atom stereocenters. The fourth-order valence-electron chi connectivity index (χ4n) is 1.95. The number of hydrogen-bond acceptors (Lipinski definition) is 6. The highest BCUT2D eigenvalue weighted by Crippen LogP contribution is 2.15. The van der Waals surface area contributed by atoms with Crippen molar-refractivity contribution in [2.75, 3.05) is 19.7 Å². The molecule has 0 aromatic carbocycles. The molecule has 0 saturated carbocycles. The molecule has 0 bridgehead atoms. The van der Waals surface area contributed by atoms with E-state index in [9.17, 15) is 4.79 Å². The highest BCUT2D eigenvalue weighted by atomic mass is 32.1. The number of nitrogen functional groups attached to an aromatic ring is 1. The number of carbonyl (C=O) groups is 1. The van der Waals surface area contributed by atoms with Crippen molar-refractivity contribution in [1.82, 2.24) is 15.3 Å². The number of carbonyl (C=O) groups excluding carboxylic acids is 1. The van der Waals surface area contributed by atoms with Crippen LogP contribution in [0.3, 0.4) is 0 Å². The van der Waals surface area contributed by atoms with E-state index in [0.717, 1.165) is 38.4 Å². The molecule has 1 unspecified atom stereocenters. The van der Waals surface area contributed by atoms with Crippen LogP contribution in [0.4, 0.5) is 0 Å². The first-order chi connectivity index (χ1) is 8.72. The van der Waals surface area contributed by atoms with E-state index < -0.39 is 0 Å². The van der Waals surface area contributed by atoms with Crippen molar-refractivity contribution in [3.05, 3.63) is 16.1 Å². The smallest absolute Gasteiger partial charge is 0.294 e. The average molecular weight is 270 g/mol. The van der Waals surface area contributed by atoms with Gasteiger partial charge in [-0.1, -0.05) is 6.92 Å². The first-order valence-electron chi connectivity index (χ1n) is 6.02. The fraction of sp³-hybridized carbons (Fsp3) is 0.636. The molecule has 1 aliphatic heterocycles. The van der Waals surface area contributed by atoms with Crippen LogP contribution in [0.1, 0.15) is 28.8 Å². The van der Waals surface area contributed by atoms with Crippen LogP contribution in [0.15, 0.2) is 5.38 Å². The summed E-state index contributed by atoms with van der Waals surface area (Å²) in [5, 5.41) is 2.31. The minimum atomic E-state index is -0.334. The van der Waals surface area contributed by atoms with Crippen LogP contribution in [0.5, 0.6) is 0 Å². The molecule has 1 aliphatic rings. The molecule has 1 amide bonds. The van der Waals surface area contributed by atoms with Gasteiger partial charge in [-0.3, -0.25) is 15.1 Å². The van der Waals surface area contributed by atoms with Crippen LogP contribution < -0.4 is 11.3 Å². The maximum absolute atomic E-state index is 11.3. The molecule has 18 heavy (non-hydrogen) atoms. The number of ether oxygens (including phenoxy) is 1. The van der Waals surface area contributed by atoms with E-state index in [1.54, 1.807) is 0 Å². The van der Waals surface area contributed by atoms with Crippen molar-refractivity contribution >= 4 is 17.2 Å². The normalized spacial score (nSPS) is 20.9. The van der Waals surface area contributed by atoms with Crippen molar-refractivity contribution in [3.63, 3.8) is 0 Å². The molecule has 6 nitrogen and oxygen atoms in total. The molecular weight excluding hydrogens is 252 g/mol. The highest BCUT2D eigenvalue weighted by molar-refractivity contribution is 7.11. The van der Waals surface area contributed by atoms with E-state index >= 15 is 0 Å². The third kappa shape index (κ3) is 3.26. The van der Waals surface area contributed by atoms with Gasteiger partial charge in [0.1, 0.15) is 0 Å². The Morgan fingerprint density at radius 2 is 2.61 bits per heavy atom. The van der Waals surface area contributed by atoms with Crippen molar-refractivity contribution in [1.29, 1.82) is 0 Å². The fourth-order valence-corrected chi connectivity index (χ4v) is 2.66. The summed E-state index contributed by atoms with van der Waals surface area (Å²) < 4.78 is 5.62. The Hall–Kier alpha value is -1.02. The van der Waals surface area contributed by atoms with Crippen LogP contribution in [-0.4, -0.2) is 41.6 Å². The van der Waals surface area contributed by atoms with Gasteiger partial charge in [-0.15, -0.1) is 11.3 Å². The van der Waals surface area contributed by atoms with Gasteiger partial charge < -0.3 is 4.74 Å². The van der Waals surface area contributed by atoms with Gasteiger partial charge in [0, 0.05) is 25.0 Å². The predicted molar refractivity (Wildman–Crippen MR) is 69.1 cm³/mol. The lowest BCUT2D eigenvalue weighted by Crippen LogP contribution is -2.41. The van der Waals surface area contributed by atoms with E-state index in [4.69, 9.17) is 10.6 Å². The number of nitrogens with two attached hydrogens (primary N) is 1. The van der Waals surface area contributed by atoms with Gasteiger partial charge in [0.05, 0.1) is 18.4 Å². The first kappa shape index (κ1) is 13.4. The molecule has 3 N–H and O–H groups in total. The second kappa shape index (κ2) is 6.24. The largest absolute Gasteiger partial charge is 0.376 e. The van der Waals surface area contributed by atoms with Gasteiger partial charge in [-0.05, 0) is 6.42 Å². The Kier molecular flexibility index (Phi) is 4.65. The van der Waals surface area contributed by atoms with Crippen molar-refractivity contribution in [2.24, 2.45) is 5.84 Å². The minimum absolute atomic E-state index is 0.309. The van der Waals surface area contributed by atoms with Crippen LogP contribution >= 0.6 is 11.3 Å². The van der Waals surface area contributed by atoms with E-state index in [1.165, 1.54) is 11.3 Å². The Balaban J connectivity index is 1.92. The van der Waals surface area contributed by atoms with Gasteiger partial charge >= 0.3 is 0 Å². The number of nitrogens with one attached hydrogen (secondary N) is 1. The predicted octanol–water partition coefficient (Wildman–Crippen LogP) is 0.357. The van der Waals surface area contributed by atoms with Crippen LogP contribution in [-0.2, 0) is 11.3 Å². The maximum Gasteiger partial charge on any atom is 0.294 e. The van der Waals surface area contributed by atoms with Gasteiger partial charge in [0.2, 0.25) is 0 Å². The molecule has 2 rings (SSSR count). The number of aromatic nitrogens is 1. The zero-order valence-corrected chi connectivity index (χ0v) is 11.2. The van der Waals surface area contributed by atoms with Crippen LogP contribution in [0, 0.1) is 0 Å². The zero-order chi connectivity index (χ0) is 13.0. The van der Waals surface area contributed by atoms with Crippen molar-refractivity contribution in [3.8, 4) is 0 Å². The number of nitrogens with zero attached hydrogens (tertiary/aromatic N) is 2. The Labute approximate surface area is 110 Å². The minimum Gasteiger partial charge on any atom is -0.376 e. The molecule has 1 aromatic rings. The summed E-state index contributed by atoms with van der Waals surface area (Å²) in [6.07, 6.45) is 1.33. The first-order valence-corrected chi connectivity index (χ1v) is 6.90. The van der Waals surface area contributed by atoms with Gasteiger partial charge in [0.15, 0.2) is 5.01 Å².